The summed E-state index contributed by atoms with van der Waals surface area (Å²) in [5, 5.41) is 0. The smallest absolute Gasteiger partial charge is 0.293 e. The van der Waals surface area contributed by atoms with Crippen molar-refractivity contribution in [2.45, 2.75) is 6.92 Å². The van der Waals surface area contributed by atoms with Crippen LogP contribution in [0, 0.1) is 12.7 Å². The molecule has 0 aliphatic carbocycles. The summed E-state index contributed by atoms with van der Waals surface area (Å²) >= 11 is 0. The molecule has 0 atom stereocenters. The van der Waals surface area contributed by atoms with Crippen LogP contribution >= 0.6 is 0 Å². The molecule has 0 unspecified atom stereocenters. The second-order valence-electron chi connectivity index (χ2n) is 3.58. The number of rotatable bonds is 2. The summed E-state index contributed by atoms with van der Waals surface area (Å²) in [6.45, 7) is 1.67. The van der Waals surface area contributed by atoms with Gasteiger partial charge in [-0.15, -0.1) is 0 Å². The van der Waals surface area contributed by atoms with Crippen LogP contribution in [0.15, 0.2) is 29.3 Å². The Morgan fingerprint density at radius 1 is 1.41 bits per heavy atom. The maximum absolute atomic E-state index is 13.4. The second kappa shape index (κ2) is 4.37. The van der Waals surface area contributed by atoms with E-state index < -0.39 is 5.56 Å². The number of nitrogens with one attached hydrogen (secondary N) is 1. The van der Waals surface area contributed by atoms with Gasteiger partial charge in [0, 0.05) is 5.56 Å². The summed E-state index contributed by atoms with van der Waals surface area (Å²) in [5.74, 6) is -0.262. The molecule has 88 valence electrons. The van der Waals surface area contributed by atoms with Gasteiger partial charge in [0.1, 0.15) is 11.5 Å². The molecule has 0 radical (unpaired) electrons. The van der Waals surface area contributed by atoms with Crippen LogP contribution in [0.1, 0.15) is 5.56 Å². The van der Waals surface area contributed by atoms with E-state index in [0.717, 1.165) is 0 Å². The molecule has 4 nitrogen and oxygen atoms in total. The molecule has 1 aromatic carbocycles. The summed E-state index contributed by atoms with van der Waals surface area (Å²) in [6, 6.07) is 4.66. The maximum Gasteiger partial charge on any atom is 0.293 e. The predicted molar refractivity (Wildman–Crippen MR) is 61.5 cm³/mol. The average Bonchev–Trinajstić information content (AvgIpc) is 2.32. The van der Waals surface area contributed by atoms with E-state index in [0.29, 0.717) is 16.8 Å². The number of aryl methyl sites for hydroxylation is 1. The molecular weight excluding hydrogens is 223 g/mol. The fraction of sp³-hybridized carbons (Fsp3) is 0.167. The van der Waals surface area contributed by atoms with E-state index in [2.05, 4.69) is 9.97 Å². The molecule has 2 aromatic rings. The Morgan fingerprint density at radius 2 is 2.18 bits per heavy atom. The van der Waals surface area contributed by atoms with Gasteiger partial charge in [-0.2, -0.15) is 0 Å². The summed E-state index contributed by atoms with van der Waals surface area (Å²) in [4.78, 5) is 17.9. The van der Waals surface area contributed by atoms with Crippen molar-refractivity contribution >= 4 is 0 Å². The lowest BCUT2D eigenvalue weighted by Gasteiger charge is -2.06. The zero-order valence-corrected chi connectivity index (χ0v) is 9.45. The van der Waals surface area contributed by atoms with Crippen molar-refractivity contribution in [2.24, 2.45) is 0 Å². The highest BCUT2D eigenvalue weighted by Gasteiger charge is 2.12. The molecule has 1 heterocycles. The Bertz CT molecular complexity index is 608. The van der Waals surface area contributed by atoms with Gasteiger partial charge in [0.05, 0.1) is 13.4 Å². The number of H-pyrrole nitrogens is 1. The maximum atomic E-state index is 13.4. The minimum absolute atomic E-state index is 0.0794. The van der Waals surface area contributed by atoms with Crippen molar-refractivity contribution in [3.8, 4) is 17.0 Å². The van der Waals surface area contributed by atoms with Crippen LogP contribution in [0.3, 0.4) is 0 Å². The van der Waals surface area contributed by atoms with Gasteiger partial charge in [-0.25, -0.2) is 9.37 Å². The van der Waals surface area contributed by atoms with E-state index in [-0.39, 0.29) is 11.6 Å². The molecule has 0 bridgehead atoms. The minimum Gasteiger partial charge on any atom is -0.490 e. The summed E-state index contributed by atoms with van der Waals surface area (Å²) < 4.78 is 18.4. The number of ether oxygens (including phenoxy) is 1. The van der Waals surface area contributed by atoms with E-state index in [1.807, 2.05) is 0 Å². The highest BCUT2D eigenvalue weighted by molar-refractivity contribution is 5.65. The molecule has 0 spiro atoms. The number of nitrogens with zero attached hydrogens (tertiary/aromatic N) is 1. The lowest BCUT2D eigenvalue weighted by Crippen LogP contribution is -2.11. The average molecular weight is 234 g/mol. The second-order valence-corrected chi connectivity index (χ2v) is 3.58. The zero-order valence-electron chi connectivity index (χ0n) is 9.45. The van der Waals surface area contributed by atoms with Gasteiger partial charge in [-0.05, 0) is 18.6 Å². The number of halogens is 1. The number of methoxy groups -OCH3 is 1. The van der Waals surface area contributed by atoms with Crippen molar-refractivity contribution in [2.75, 3.05) is 7.11 Å². The van der Waals surface area contributed by atoms with Gasteiger partial charge in [0.2, 0.25) is 5.75 Å². The van der Waals surface area contributed by atoms with Crippen LogP contribution < -0.4 is 10.3 Å². The Morgan fingerprint density at radius 3 is 2.82 bits per heavy atom. The molecule has 0 amide bonds. The summed E-state index contributed by atoms with van der Waals surface area (Å²) in [6.07, 6.45) is 1.26. The lowest BCUT2D eigenvalue weighted by atomic mass is 10.1. The van der Waals surface area contributed by atoms with Gasteiger partial charge < -0.3 is 9.72 Å². The fourth-order valence-corrected chi connectivity index (χ4v) is 1.52. The number of hydrogen-bond acceptors (Lipinski definition) is 3. The van der Waals surface area contributed by atoms with Crippen molar-refractivity contribution in [1.29, 1.82) is 0 Å². The normalized spacial score (nSPS) is 10.3. The molecule has 1 aromatic heterocycles. The molecule has 17 heavy (non-hydrogen) atoms. The Labute approximate surface area is 97.1 Å². The highest BCUT2D eigenvalue weighted by Crippen LogP contribution is 2.25. The van der Waals surface area contributed by atoms with E-state index in [4.69, 9.17) is 4.74 Å². The van der Waals surface area contributed by atoms with E-state index in [9.17, 15) is 9.18 Å². The van der Waals surface area contributed by atoms with Crippen molar-refractivity contribution in [3.05, 3.63) is 46.3 Å². The Hall–Kier alpha value is -2.17. The highest BCUT2D eigenvalue weighted by atomic mass is 19.1. The van der Waals surface area contributed by atoms with Gasteiger partial charge in [-0.3, -0.25) is 4.79 Å². The standard InChI is InChI=1S/C12H11FN2O2/c1-7-3-4-8(5-9(7)13)10-11(17-2)12(16)15-6-14-10/h3-6H,1-2H3,(H,14,15,16). The minimum atomic E-state index is -0.390. The SMILES string of the molecule is COc1c(-c2ccc(C)c(F)c2)nc[nH]c1=O. The molecule has 0 saturated heterocycles. The first-order valence-electron chi connectivity index (χ1n) is 5.01. The third-order valence-electron chi connectivity index (χ3n) is 2.46. The van der Waals surface area contributed by atoms with Crippen LogP contribution in [0.25, 0.3) is 11.3 Å². The van der Waals surface area contributed by atoms with E-state index in [1.54, 1.807) is 19.1 Å². The van der Waals surface area contributed by atoms with Gasteiger partial charge in [0.15, 0.2) is 0 Å². The number of hydrogen-bond donors (Lipinski definition) is 1. The van der Waals surface area contributed by atoms with E-state index >= 15 is 0 Å². The number of aromatic amines is 1. The van der Waals surface area contributed by atoms with Crippen LogP contribution in [0.2, 0.25) is 0 Å². The molecule has 0 fully saturated rings. The van der Waals surface area contributed by atoms with Crippen LogP contribution in [-0.2, 0) is 0 Å². The summed E-state index contributed by atoms with van der Waals surface area (Å²) in [5.41, 5.74) is 0.988. The summed E-state index contributed by atoms with van der Waals surface area (Å²) in [7, 11) is 1.38. The van der Waals surface area contributed by atoms with E-state index in [1.165, 1.54) is 19.5 Å². The van der Waals surface area contributed by atoms with Crippen LogP contribution in [0.4, 0.5) is 4.39 Å². The van der Waals surface area contributed by atoms with Gasteiger partial charge in [0.25, 0.3) is 5.56 Å². The molecular formula is C12H11FN2O2. The van der Waals surface area contributed by atoms with Gasteiger partial charge >= 0.3 is 0 Å². The molecule has 0 aliphatic heterocycles. The molecule has 1 N–H and O–H groups in total. The monoisotopic (exact) mass is 234 g/mol. The quantitative estimate of drug-likeness (QED) is 0.863. The molecule has 0 saturated carbocycles. The third kappa shape index (κ3) is 2.04. The first kappa shape index (κ1) is 11.3. The molecule has 5 heteroatoms. The zero-order chi connectivity index (χ0) is 12.4. The first-order valence-corrected chi connectivity index (χ1v) is 5.01. The van der Waals surface area contributed by atoms with Crippen molar-refractivity contribution in [3.63, 3.8) is 0 Å². The largest absolute Gasteiger partial charge is 0.490 e. The lowest BCUT2D eigenvalue weighted by molar-refractivity contribution is 0.408. The van der Waals surface area contributed by atoms with Crippen LogP contribution in [-0.4, -0.2) is 17.1 Å². The van der Waals surface area contributed by atoms with Crippen molar-refractivity contribution in [1.82, 2.24) is 9.97 Å². The van der Waals surface area contributed by atoms with Crippen molar-refractivity contribution < 1.29 is 9.13 Å². The van der Waals surface area contributed by atoms with Crippen LogP contribution in [0.5, 0.6) is 5.75 Å². The molecule has 2 rings (SSSR count). The first-order chi connectivity index (χ1) is 8.13. The Kier molecular flexibility index (Phi) is 2.91. The molecule has 0 aliphatic rings. The number of benzene rings is 1. The predicted octanol–water partition coefficient (Wildman–Crippen LogP) is 1.89. The third-order valence-corrected chi connectivity index (χ3v) is 2.46. The number of aromatic nitrogens is 2. The Balaban J connectivity index is 2.64. The fourth-order valence-electron chi connectivity index (χ4n) is 1.52. The van der Waals surface area contributed by atoms with Gasteiger partial charge in [-0.1, -0.05) is 12.1 Å². The topological polar surface area (TPSA) is 55.0 Å².